The minimum Gasteiger partial charge on any atom is -0.465 e. The van der Waals surface area contributed by atoms with Gasteiger partial charge in [-0.25, -0.2) is 9.59 Å². The third-order valence-corrected chi connectivity index (χ3v) is 2.93. The molecule has 0 atom stereocenters. The van der Waals surface area contributed by atoms with Gasteiger partial charge in [-0.2, -0.15) is 11.8 Å². The predicted octanol–water partition coefficient (Wildman–Crippen LogP) is 1.49. The number of aromatic nitrogens is 1. The van der Waals surface area contributed by atoms with Crippen molar-refractivity contribution in [3.63, 3.8) is 0 Å². The van der Waals surface area contributed by atoms with Gasteiger partial charge in [0.05, 0.1) is 25.3 Å². The largest absolute Gasteiger partial charge is 0.465 e. The van der Waals surface area contributed by atoms with E-state index >= 15 is 0 Å². The van der Waals surface area contributed by atoms with Crippen molar-refractivity contribution in [3.8, 4) is 0 Å². The molecule has 0 aliphatic heterocycles. The molecule has 1 aromatic heterocycles. The van der Waals surface area contributed by atoms with Crippen LogP contribution in [0.25, 0.3) is 0 Å². The summed E-state index contributed by atoms with van der Waals surface area (Å²) in [5.41, 5.74) is 1.19. The maximum absolute atomic E-state index is 11.6. The van der Waals surface area contributed by atoms with Crippen LogP contribution in [0.3, 0.4) is 0 Å². The number of rotatable bonds is 5. The lowest BCUT2D eigenvalue weighted by molar-refractivity contribution is 0.0556. The molecular weight excluding hydrogens is 242 g/mol. The van der Waals surface area contributed by atoms with E-state index in [-0.39, 0.29) is 11.1 Å². The number of aryl methyl sites for hydroxylation is 1. The Morgan fingerprint density at radius 2 is 1.94 bits per heavy atom. The molecule has 94 valence electrons. The number of esters is 2. The minimum atomic E-state index is -0.544. The van der Waals surface area contributed by atoms with Gasteiger partial charge in [0.2, 0.25) is 0 Å². The molecule has 1 N–H and O–H groups in total. The molecule has 0 radical (unpaired) electrons. The first-order valence-corrected chi connectivity index (χ1v) is 6.40. The van der Waals surface area contributed by atoms with Gasteiger partial charge in [-0.1, -0.05) is 0 Å². The fraction of sp³-hybridized carbons (Fsp3) is 0.455. The second-order valence-corrected chi connectivity index (χ2v) is 4.27. The van der Waals surface area contributed by atoms with E-state index in [9.17, 15) is 9.59 Å². The highest BCUT2D eigenvalue weighted by molar-refractivity contribution is 7.98. The van der Waals surface area contributed by atoms with Crippen molar-refractivity contribution >= 4 is 23.7 Å². The summed E-state index contributed by atoms with van der Waals surface area (Å²) in [5, 5.41) is 0. The fourth-order valence-corrected chi connectivity index (χ4v) is 1.88. The minimum absolute atomic E-state index is 0.218. The maximum Gasteiger partial charge on any atom is 0.340 e. The molecule has 0 spiro atoms. The van der Waals surface area contributed by atoms with Gasteiger partial charge < -0.3 is 14.5 Å². The van der Waals surface area contributed by atoms with Crippen LogP contribution in [0.2, 0.25) is 0 Å². The van der Waals surface area contributed by atoms with E-state index < -0.39 is 11.9 Å². The van der Waals surface area contributed by atoms with Gasteiger partial charge in [0.15, 0.2) is 0 Å². The van der Waals surface area contributed by atoms with E-state index in [1.165, 1.54) is 20.4 Å². The first-order valence-electron chi connectivity index (χ1n) is 5.01. The summed E-state index contributed by atoms with van der Waals surface area (Å²) in [6.45, 7) is 0. The lowest BCUT2D eigenvalue weighted by Gasteiger charge is -2.04. The van der Waals surface area contributed by atoms with E-state index in [4.69, 9.17) is 0 Å². The third-order valence-electron chi connectivity index (χ3n) is 2.31. The van der Waals surface area contributed by atoms with Crippen molar-refractivity contribution in [1.82, 2.24) is 4.98 Å². The molecule has 0 unspecified atom stereocenters. The quantitative estimate of drug-likeness (QED) is 0.809. The summed E-state index contributed by atoms with van der Waals surface area (Å²) in [5.74, 6) is -0.217. The first-order chi connectivity index (χ1) is 8.15. The summed E-state index contributed by atoms with van der Waals surface area (Å²) in [7, 11) is 2.56. The Morgan fingerprint density at radius 3 is 2.47 bits per heavy atom. The molecule has 0 saturated carbocycles. The van der Waals surface area contributed by atoms with Crippen LogP contribution in [0, 0.1) is 0 Å². The summed E-state index contributed by atoms with van der Waals surface area (Å²) in [4.78, 5) is 26.1. The number of aromatic amines is 1. The van der Waals surface area contributed by atoms with Crippen LogP contribution in [0.4, 0.5) is 0 Å². The number of ether oxygens (including phenoxy) is 2. The number of nitrogens with one attached hydrogen (secondary N) is 1. The number of hydrogen-bond donors (Lipinski definition) is 1. The van der Waals surface area contributed by atoms with Crippen molar-refractivity contribution in [2.24, 2.45) is 0 Å². The predicted molar refractivity (Wildman–Crippen MR) is 65.6 cm³/mol. The van der Waals surface area contributed by atoms with Crippen molar-refractivity contribution in [2.45, 2.75) is 6.42 Å². The number of carbonyl (C=O) groups excluding carboxylic acids is 2. The van der Waals surface area contributed by atoms with Crippen LogP contribution in [-0.4, -0.2) is 43.2 Å². The van der Waals surface area contributed by atoms with Gasteiger partial charge in [0.25, 0.3) is 0 Å². The van der Waals surface area contributed by atoms with Crippen molar-refractivity contribution in [2.75, 3.05) is 26.2 Å². The summed E-state index contributed by atoms with van der Waals surface area (Å²) in [6, 6.07) is 0. The zero-order chi connectivity index (χ0) is 12.8. The Hall–Kier alpha value is -1.43. The molecule has 0 saturated heterocycles. The normalized spacial score (nSPS) is 10.1. The summed E-state index contributed by atoms with van der Waals surface area (Å²) in [6.07, 6.45) is 4.12. The standard InChI is InChI=1S/C11H15NO4S/c1-15-10(13)7-6-12-8(4-5-17-3)9(7)11(14)16-2/h6,12H,4-5H2,1-3H3. The number of hydrogen-bond acceptors (Lipinski definition) is 5. The highest BCUT2D eigenvalue weighted by atomic mass is 32.2. The van der Waals surface area contributed by atoms with E-state index in [0.717, 1.165) is 5.75 Å². The Balaban J connectivity index is 3.10. The molecule has 17 heavy (non-hydrogen) atoms. The molecule has 0 bridgehead atoms. The van der Waals surface area contributed by atoms with Crippen LogP contribution < -0.4 is 0 Å². The zero-order valence-corrected chi connectivity index (χ0v) is 10.8. The monoisotopic (exact) mass is 257 g/mol. The molecule has 0 aliphatic rings. The summed E-state index contributed by atoms with van der Waals surface area (Å²) < 4.78 is 9.29. The van der Waals surface area contributed by atoms with Crippen LogP contribution in [0.5, 0.6) is 0 Å². The molecule has 0 fully saturated rings. The number of H-pyrrole nitrogens is 1. The lowest BCUT2D eigenvalue weighted by atomic mass is 10.1. The van der Waals surface area contributed by atoms with Crippen LogP contribution in [0.15, 0.2) is 6.20 Å². The lowest BCUT2D eigenvalue weighted by Crippen LogP contribution is -2.11. The molecule has 5 nitrogen and oxygen atoms in total. The highest BCUT2D eigenvalue weighted by Gasteiger charge is 2.23. The van der Waals surface area contributed by atoms with E-state index in [2.05, 4.69) is 14.5 Å². The Kier molecular flexibility index (Phi) is 5.09. The topological polar surface area (TPSA) is 68.4 Å². The van der Waals surface area contributed by atoms with Crippen LogP contribution in [-0.2, 0) is 15.9 Å². The number of methoxy groups -OCH3 is 2. The third kappa shape index (κ3) is 3.03. The Morgan fingerprint density at radius 1 is 1.29 bits per heavy atom. The molecule has 1 heterocycles. The molecular formula is C11H15NO4S. The molecule has 1 rings (SSSR count). The van der Waals surface area contributed by atoms with Gasteiger partial charge >= 0.3 is 11.9 Å². The van der Waals surface area contributed by atoms with Gasteiger partial charge in [-0.3, -0.25) is 0 Å². The molecule has 0 aromatic carbocycles. The van der Waals surface area contributed by atoms with E-state index in [0.29, 0.717) is 12.1 Å². The van der Waals surface area contributed by atoms with Gasteiger partial charge in [0.1, 0.15) is 0 Å². The molecule has 0 amide bonds. The van der Waals surface area contributed by atoms with E-state index in [1.807, 2.05) is 6.26 Å². The van der Waals surface area contributed by atoms with Crippen molar-refractivity contribution < 1.29 is 19.1 Å². The molecule has 1 aromatic rings. The number of carbonyl (C=O) groups is 2. The van der Waals surface area contributed by atoms with Crippen molar-refractivity contribution in [1.29, 1.82) is 0 Å². The van der Waals surface area contributed by atoms with Crippen LogP contribution in [0.1, 0.15) is 26.4 Å². The van der Waals surface area contributed by atoms with Gasteiger partial charge in [0, 0.05) is 11.9 Å². The molecule has 6 heteroatoms. The smallest absolute Gasteiger partial charge is 0.340 e. The first kappa shape index (κ1) is 13.6. The molecule has 0 aliphatic carbocycles. The van der Waals surface area contributed by atoms with Crippen molar-refractivity contribution in [3.05, 3.63) is 23.0 Å². The Bertz CT molecular complexity index is 414. The van der Waals surface area contributed by atoms with Gasteiger partial charge in [-0.05, 0) is 18.4 Å². The second-order valence-electron chi connectivity index (χ2n) is 3.28. The number of thioether (sulfide) groups is 1. The highest BCUT2D eigenvalue weighted by Crippen LogP contribution is 2.18. The SMILES string of the molecule is COC(=O)c1c[nH]c(CCSC)c1C(=O)OC. The average Bonchev–Trinajstić information content (AvgIpc) is 2.78. The second kappa shape index (κ2) is 6.34. The van der Waals surface area contributed by atoms with Gasteiger partial charge in [-0.15, -0.1) is 0 Å². The maximum atomic E-state index is 11.6. The average molecular weight is 257 g/mol. The van der Waals surface area contributed by atoms with E-state index in [1.54, 1.807) is 11.8 Å². The summed E-state index contributed by atoms with van der Waals surface area (Å²) >= 11 is 1.66. The van der Waals surface area contributed by atoms with Crippen LogP contribution >= 0.6 is 11.8 Å². The fourth-order valence-electron chi connectivity index (χ4n) is 1.47. The zero-order valence-electron chi connectivity index (χ0n) is 10.0. The Labute approximate surface area is 104 Å².